The molecule has 78 valence electrons. The van der Waals surface area contributed by atoms with Crippen LogP contribution in [0.25, 0.3) is 0 Å². The maximum atomic E-state index is 11.0. The van der Waals surface area contributed by atoms with Gasteiger partial charge in [0.25, 0.3) is 0 Å². The predicted octanol–water partition coefficient (Wildman–Crippen LogP) is 0.485. The molecule has 0 rings (SSSR count). The topological polar surface area (TPSA) is 58.4 Å². The molecule has 13 heavy (non-hydrogen) atoms. The van der Waals surface area contributed by atoms with Crippen LogP contribution in [0.4, 0.5) is 0 Å². The van der Waals surface area contributed by atoms with Crippen molar-refractivity contribution in [1.29, 1.82) is 0 Å². The summed E-state index contributed by atoms with van der Waals surface area (Å²) in [6.07, 6.45) is 1.54. The highest BCUT2D eigenvalue weighted by Gasteiger charge is 2.16. The lowest BCUT2D eigenvalue weighted by atomic mass is 10.1. The smallest absolute Gasteiger partial charge is 0.235 e. The third-order valence-electron chi connectivity index (χ3n) is 2.62. The first-order chi connectivity index (χ1) is 6.02. The van der Waals surface area contributed by atoms with Gasteiger partial charge in [-0.2, -0.15) is 0 Å². The molecule has 0 aromatic heterocycles. The van der Waals surface area contributed by atoms with E-state index in [-0.39, 0.29) is 11.9 Å². The fourth-order valence-corrected chi connectivity index (χ4v) is 1.19. The zero-order valence-corrected chi connectivity index (χ0v) is 9.00. The van der Waals surface area contributed by atoms with Crippen LogP contribution in [0, 0.1) is 0 Å². The summed E-state index contributed by atoms with van der Waals surface area (Å²) < 4.78 is 0. The average molecular weight is 187 g/mol. The van der Waals surface area contributed by atoms with E-state index >= 15 is 0 Å². The first-order valence-corrected chi connectivity index (χ1v) is 4.74. The molecule has 0 aliphatic carbocycles. The molecule has 4 heteroatoms. The summed E-state index contributed by atoms with van der Waals surface area (Å²) in [4.78, 5) is 13.2. The summed E-state index contributed by atoms with van der Waals surface area (Å²) in [5, 5.41) is 0. The van der Waals surface area contributed by atoms with Gasteiger partial charge >= 0.3 is 0 Å². The Hall–Kier alpha value is -0.610. The normalized spacial score (nSPS) is 15.5. The molecule has 0 aliphatic rings. The number of hydrogen-bond donors (Lipinski definition) is 2. The summed E-state index contributed by atoms with van der Waals surface area (Å²) >= 11 is 0. The third-order valence-corrected chi connectivity index (χ3v) is 2.62. The fraction of sp³-hybridized carbons (Fsp3) is 0.889. The second-order valence-corrected chi connectivity index (χ2v) is 3.54. The second kappa shape index (κ2) is 5.94. The molecule has 2 unspecified atom stereocenters. The molecule has 0 heterocycles. The number of hydrazine groups is 1. The van der Waals surface area contributed by atoms with Gasteiger partial charge in [0, 0.05) is 18.5 Å². The van der Waals surface area contributed by atoms with Gasteiger partial charge in [-0.05, 0) is 27.3 Å². The Balaban J connectivity index is 3.95. The summed E-state index contributed by atoms with van der Waals surface area (Å²) in [5.74, 6) is 4.90. The number of carbonyl (C=O) groups excluding carboxylic acids is 1. The largest absolute Gasteiger partial charge is 0.301 e. The Morgan fingerprint density at radius 3 is 2.38 bits per heavy atom. The van der Waals surface area contributed by atoms with Crippen LogP contribution in [0.15, 0.2) is 0 Å². The summed E-state index contributed by atoms with van der Waals surface area (Å²) in [5.41, 5.74) is 2.14. The summed E-state index contributed by atoms with van der Waals surface area (Å²) in [6, 6.07) is 0.735. The minimum absolute atomic E-state index is 0.109. The van der Waals surface area contributed by atoms with Gasteiger partial charge in [-0.15, -0.1) is 0 Å². The van der Waals surface area contributed by atoms with Crippen LogP contribution in [0.5, 0.6) is 0 Å². The zero-order valence-electron chi connectivity index (χ0n) is 9.00. The Morgan fingerprint density at radius 2 is 2.00 bits per heavy atom. The molecule has 0 saturated carbocycles. The summed E-state index contributed by atoms with van der Waals surface area (Å²) in [7, 11) is 2.03. The highest BCUT2D eigenvalue weighted by Crippen LogP contribution is 2.08. The predicted molar refractivity (Wildman–Crippen MR) is 53.9 cm³/mol. The highest BCUT2D eigenvalue weighted by molar-refractivity contribution is 5.75. The average Bonchev–Trinajstić information content (AvgIpc) is 2.14. The number of nitrogens with two attached hydrogens (primary N) is 1. The van der Waals surface area contributed by atoms with E-state index in [4.69, 9.17) is 5.84 Å². The van der Waals surface area contributed by atoms with Crippen LogP contribution in [0.2, 0.25) is 0 Å². The maximum absolute atomic E-state index is 11.0. The van der Waals surface area contributed by atoms with E-state index in [1.807, 2.05) is 14.0 Å². The molecule has 0 radical (unpaired) electrons. The van der Waals surface area contributed by atoms with E-state index < -0.39 is 0 Å². The van der Waals surface area contributed by atoms with Crippen molar-refractivity contribution in [3.63, 3.8) is 0 Å². The molecule has 3 N–H and O–H groups in total. The fourth-order valence-electron chi connectivity index (χ4n) is 1.19. The summed E-state index contributed by atoms with van der Waals surface area (Å²) in [6.45, 7) is 6.31. The lowest BCUT2D eigenvalue weighted by molar-refractivity contribution is -0.122. The molecule has 1 amide bonds. The quantitative estimate of drug-likeness (QED) is 0.374. The van der Waals surface area contributed by atoms with Crippen LogP contribution in [0.1, 0.15) is 33.6 Å². The molecule has 0 aliphatic heterocycles. The minimum atomic E-state index is -0.109. The van der Waals surface area contributed by atoms with Crippen LogP contribution >= 0.6 is 0 Å². The molecule has 0 aromatic carbocycles. The van der Waals surface area contributed by atoms with Crippen LogP contribution < -0.4 is 11.3 Å². The molecular formula is C9H21N3O. The van der Waals surface area contributed by atoms with Crippen LogP contribution in [-0.2, 0) is 4.79 Å². The Kier molecular flexibility index (Phi) is 5.66. The minimum Gasteiger partial charge on any atom is -0.301 e. The monoisotopic (exact) mass is 187 g/mol. The molecule has 4 nitrogen and oxygen atoms in total. The van der Waals surface area contributed by atoms with Crippen molar-refractivity contribution in [3.05, 3.63) is 0 Å². The van der Waals surface area contributed by atoms with Crippen molar-refractivity contribution >= 4 is 5.91 Å². The molecule has 0 bridgehead atoms. The Labute approximate surface area is 80.4 Å². The van der Waals surface area contributed by atoms with E-state index in [1.54, 1.807) is 0 Å². The number of amides is 1. The second-order valence-electron chi connectivity index (χ2n) is 3.54. The first-order valence-electron chi connectivity index (χ1n) is 4.74. The van der Waals surface area contributed by atoms with E-state index in [9.17, 15) is 4.79 Å². The number of nitrogens with one attached hydrogen (secondary N) is 1. The van der Waals surface area contributed by atoms with Crippen molar-refractivity contribution in [2.75, 3.05) is 7.05 Å². The zero-order chi connectivity index (χ0) is 10.4. The number of rotatable bonds is 5. The van der Waals surface area contributed by atoms with Gasteiger partial charge < -0.3 is 4.90 Å². The molecule has 2 atom stereocenters. The number of hydrogen-bond acceptors (Lipinski definition) is 3. The van der Waals surface area contributed by atoms with Gasteiger partial charge in [0.1, 0.15) is 0 Å². The maximum Gasteiger partial charge on any atom is 0.235 e. The van der Waals surface area contributed by atoms with E-state index in [0.717, 1.165) is 6.42 Å². The van der Waals surface area contributed by atoms with Crippen molar-refractivity contribution < 1.29 is 4.79 Å². The van der Waals surface area contributed by atoms with E-state index in [1.165, 1.54) is 0 Å². The number of carbonyl (C=O) groups is 1. The third kappa shape index (κ3) is 4.24. The van der Waals surface area contributed by atoms with Gasteiger partial charge in [0.2, 0.25) is 5.91 Å². The van der Waals surface area contributed by atoms with Gasteiger partial charge in [-0.1, -0.05) is 6.92 Å². The van der Waals surface area contributed by atoms with Gasteiger partial charge in [0.15, 0.2) is 0 Å². The van der Waals surface area contributed by atoms with Crippen molar-refractivity contribution in [2.45, 2.75) is 45.7 Å². The van der Waals surface area contributed by atoms with E-state index in [2.05, 4.69) is 24.2 Å². The SMILES string of the molecule is CCC(C)N(C)C(C)CC(=O)NN. The molecular weight excluding hydrogens is 166 g/mol. The highest BCUT2D eigenvalue weighted by atomic mass is 16.2. The van der Waals surface area contributed by atoms with Gasteiger partial charge in [0.05, 0.1) is 0 Å². The van der Waals surface area contributed by atoms with Crippen LogP contribution in [-0.4, -0.2) is 29.9 Å². The lowest BCUT2D eigenvalue weighted by Crippen LogP contribution is -2.41. The lowest BCUT2D eigenvalue weighted by Gasteiger charge is -2.29. The molecule has 0 aromatic rings. The van der Waals surface area contributed by atoms with Crippen molar-refractivity contribution in [2.24, 2.45) is 5.84 Å². The Morgan fingerprint density at radius 1 is 1.46 bits per heavy atom. The van der Waals surface area contributed by atoms with Crippen molar-refractivity contribution in [1.82, 2.24) is 10.3 Å². The first kappa shape index (κ1) is 12.4. The van der Waals surface area contributed by atoms with Crippen molar-refractivity contribution in [3.8, 4) is 0 Å². The standard InChI is InChI=1S/C9H21N3O/c1-5-7(2)12(4)8(3)6-9(13)11-10/h7-8H,5-6,10H2,1-4H3,(H,11,13). The van der Waals surface area contributed by atoms with Gasteiger partial charge in [-0.25, -0.2) is 5.84 Å². The Bertz CT molecular complexity index is 161. The van der Waals surface area contributed by atoms with E-state index in [0.29, 0.717) is 12.5 Å². The van der Waals surface area contributed by atoms with Crippen LogP contribution in [0.3, 0.4) is 0 Å². The molecule has 0 saturated heterocycles. The molecule has 0 spiro atoms. The number of nitrogens with zero attached hydrogens (tertiary/aromatic N) is 1. The molecule has 0 fully saturated rings. The van der Waals surface area contributed by atoms with Gasteiger partial charge in [-0.3, -0.25) is 10.2 Å².